The number of hydrogen-bond donors (Lipinski definition) is 0. The minimum Gasteiger partial charge on any atom is -0.247 e. The lowest BCUT2D eigenvalue weighted by molar-refractivity contribution is 1.23. The third kappa shape index (κ3) is 1.75. The Morgan fingerprint density at radius 3 is 2.89 bits per heavy atom. The van der Waals surface area contributed by atoms with Gasteiger partial charge in [0, 0.05) is 21.6 Å². The first-order valence-electron chi connectivity index (χ1n) is 6.44. The third-order valence-corrected chi connectivity index (χ3v) is 4.70. The summed E-state index contributed by atoms with van der Waals surface area (Å²) in [4.78, 5) is 6.23. The second kappa shape index (κ2) is 4.10. The Bertz CT molecular complexity index is 792. The van der Waals surface area contributed by atoms with Crippen LogP contribution in [-0.2, 0) is 5.75 Å². The molecule has 0 radical (unpaired) electrons. The van der Waals surface area contributed by atoms with Crippen LogP contribution < -0.4 is 0 Å². The number of nitrogens with zero attached hydrogens (tertiary/aromatic N) is 1. The summed E-state index contributed by atoms with van der Waals surface area (Å²) in [7, 11) is 0. The van der Waals surface area contributed by atoms with Crippen LogP contribution in [0.4, 0.5) is 0 Å². The predicted octanol–water partition coefficient (Wildman–Crippen LogP) is 4.82. The van der Waals surface area contributed by atoms with E-state index in [1.54, 1.807) is 0 Å². The zero-order chi connectivity index (χ0) is 12.8. The number of fused-ring (bicyclic) bond motifs is 4. The first kappa shape index (κ1) is 11.1. The van der Waals surface area contributed by atoms with E-state index in [4.69, 9.17) is 4.98 Å². The number of hydrogen-bond acceptors (Lipinski definition) is 2. The SMILES string of the molecule is Cc1ccc2c(c1)-c1nc3ccccc3cc1CS2. The van der Waals surface area contributed by atoms with E-state index in [0.29, 0.717) is 0 Å². The molecular formula is C17H13NS. The highest BCUT2D eigenvalue weighted by Crippen LogP contribution is 2.41. The lowest BCUT2D eigenvalue weighted by atomic mass is 10.0. The highest BCUT2D eigenvalue weighted by atomic mass is 32.2. The van der Waals surface area contributed by atoms with Crippen LogP contribution in [0.3, 0.4) is 0 Å². The molecule has 0 fully saturated rings. The van der Waals surface area contributed by atoms with Crippen molar-refractivity contribution >= 4 is 22.7 Å². The maximum atomic E-state index is 4.88. The van der Waals surface area contributed by atoms with Crippen molar-refractivity contribution < 1.29 is 0 Å². The Kier molecular flexibility index (Phi) is 2.39. The van der Waals surface area contributed by atoms with Gasteiger partial charge in [-0.15, -0.1) is 11.8 Å². The second-order valence-corrected chi connectivity index (χ2v) is 5.99. The molecule has 0 spiro atoms. The Balaban J connectivity index is 2.05. The summed E-state index contributed by atoms with van der Waals surface area (Å²) in [5, 5.41) is 1.23. The number of thioether (sulfide) groups is 1. The van der Waals surface area contributed by atoms with Crippen molar-refractivity contribution in [3.8, 4) is 11.3 Å². The van der Waals surface area contributed by atoms with E-state index in [0.717, 1.165) is 17.0 Å². The summed E-state index contributed by atoms with van der Waals surface area (Å²) in [6.45, 7) is 2.14. The van der Waals surface area contributed by atoms with Gasteiger partial charge in [-0.1, -0.05) is 29.8 Å². The zero-order valence-electron chi connectivity index (χ0n) is 10.7. The van der Waals surface area contributed by atoms with Gasteiger partial charge in [0.25, 0.3) is 0 Å². The average molecular weight is 263 g/mol. The Morgan fingerprint density at radius 1 is 1.05 bits per heavy atom. The van der Waals surface area contributed by atoms with Crippen LogP contribution in [0.1, 0.15) is 11.1 Å². The molecule has 0 unspecified atom stereocenters. The molecule has 0 saturated carbocycles. The largest absolute Gasteiger partial charge is 0.247 e. The third-order valence-electron chi connectivity index (χ3n) is 3.58. The summed E-state index contributed by atoms with van der Waals surface area (Å²) >= 11 is 1.91. The normalized spacial score (nSPS) is 13.1. The van der Waals surface area contributed by atoms with Gasteiger partial charge < -0.3 is 0 Å². The average Bonchev–Trinajstić information content (AvgIpc) is 2.45. The van der Waals surface area contributed by atoms with E-state index in [9.17, 15) is 0 Å². The molecule has 2 aromatic carbocycles. The van der Waals surface area contributed by atoms with Gasteiger partial charge in [0.05, 0.1) is 11.2 Å². The fourth-order valence-corrected chi connectivity index (χ4v) is 3.62. The van der Waals surface area contributed by atoms with Crippen molar-refractivity contribution in [3.63, 3.8) is 0 Å². The van der Waals surface area contributed by atoms with Crippen molar-refractivity contribution in [2.75, 3.05) is 0 Å². The maximum absolute atomic E-state index is 4.88. The molecule has 1 aliphatic heterocycles. The molecular weight excluding hydrogens is 250 g/mol. The van der Waals surface area contributed by atoms with Gasteiger partial charge in [0.15, 0.2) is 0 Å². The first-order chi connectivity index (χ1) is 9.31. The van der Waals surface area contributed by atoms with Crippen LogP contribution in [0.15, 0.2) is 53.4 Å². The van der Waals surface area contributed by atoms with E-state index < -0.39 is 0 Å². The maximum Gasteiger partial charge on any atom is 0.0761 e. The van der Waals surface area contributed by atoms with Crippen molar-refractivity contribution in [2.24, 2.45) is 0 Å². The minimum atomic E-state index is 1.02. The van der Waals surface area contributed by atoms with Crippen LogP contribution in [0.2, 0.25) is 0 Å². The molecule has 0 N–H and O–H groups in total. The van der Waals surface area contributed by atoms with E-state index in [1.807, 2.05) is 11.8 Å². The number of aryl methyl sites for hydroxylation is 1. The van der Waals surface area contributed by atoms with Gasteiger partial charge in [-0.25, -0.2) is 4.98 Å². The van der Waals surface area contributed by atoms with Crippen LogP contribution >= 0.6 is 11.8 Å². The summed E-state index contributed by atoms with van der Waals surface area (Å²) in [5.41, 5.74) is 6.18. The molecule has 0 aliphatic carbocycles. The highest BCUT2D eigenvalue weighted by molar-refractivity contribution is 7.98. The predicted molar refractivity (Wildman–Crippen MR) is 81.5 cm³/mol. The van der Waals surface area contributed by atoms with Crippen LogP contribution in [-0.4, -0.2) is 4.98 Å². The van der Waals surface area contributed by atoms with Gasteiger partial charge in [-0.2, -0.15) is 0 Å². The second-order valence-electron chi connectivity index (χ2n) is 4.98. The summed E-state index contributed by atoms with van der Waals surface area (Å²) in [6, 6.07) is 17.3. The lowest BCUT2D eigenvalue weighted by Gasteiger charge is -2.19. The molecule has 3 aromatic rings. The smallest absolute Gasteiger partial charge is 0.0761 e. The number of rotatable bonds is 0. The topological polar surface area (TPSA) is 12.9 Å². The fraction of sp³-hybridized carbons (Fsp3) is 0.118. The monoisotopic (exact) mass is 263 g/mol. The van der Waals surface area contributed by atoms with Crippen molar-refractivity contribution in [1.29, 1.82) is 0 Å². The van der Waals surface area contributed by atoms with Gasteiger partial charge >= 0.3 is 0 Å². The summed E-state index contributed by atoms with van der Waals surface area (Å²) < 4.78 is 0. The Hall–Kier alpha value is -1.80. The van der Waals surface area contributed by atoms with Gasteiger partial charge in [-0.05, 0) is 36.8 Å². The van der Waals surface area contributed by atoms with Crippen LogP contribution in [0, 0.1) is 6.92 Å². The molecule has 0 atom stereocenters. The molecule has 2 heterocycles. The molecule has 92 valence electrons. The quantitative estimate of drug-likeness (QED) is 0.577. The Labute approximate surface area is 116 Å². The lowest BCUT2D eigenvalue weighted by Crippen LogP contribution is -1.99. The number of para-hydroxylation sites is 1. The number of benzene rings is 2. The van der Waals surface area contributed by atoms with E-state index in [2.05, 4.69) is 55.5 Å². The van der Waals surface area contributed by atoms with Crippen LogP contribution in [0.5, 0.6) is 0 Å². The van der Waals surface area contributed by atoms with E-state index in [-0.39, 0.29) is 0 Å². The number of aromatic nitrogens is 1. The molecule has 0 saturated heterocycles. The highest BCUT2D eigenvalue weighted by Gasteiger charge is 2.18. The minimum absolute atomic E-state index is 1.02. The van der Waals surface area contributed by atoms with Crippen LogP contribution in [0.25, 0.3) is 22.2 Å². The molecule has 19 heavy (non-hydrogen) atoms. The van der Waals surface area contributed by atoms with Gasteiger partial charge in [0.2, 0.25) is 0 Å². The molecule has 0 bridgehead atoms. The molecule has 1 aromatic heterocycles. The molecule has 4 rings (SSSR count). The molecule has 1 aliphatic rings. The van der Waals surface area contributed by atoms with Crippen molar-refractivity contribution in [3.05, 3.63) is 59.7 Å². The van der Waals surface area contributed by atoms with Gasteiger partial charge in [0.1, 0.15) is 0 Å². The van der Waals surface area contributed by atoms with Crippen molar-refractivity contribution in [2.45, 2.75) is 17.6 Å². The van der Waals surface area contributed by atoms with E-state index in [1.165, 1.54) is 27.0 Å². The molecule has 0 amide bonds. The van der Waals surface area contributed by atoms with E-state index >= 15 is 0 Å². The fourth-order valence-electron chi connectivity index (χ4n) is 2.61. The first-order valence-corrected chi connectivity index (χ1v) is 7.42. The van der Waals surface area contributed by atoms with Crippen molar-refractivity contribution in [1.82, 2.24) is 4.98 Å². The summed E-state index contributed by atoms with van der Waals surface area (Å²) in [5.74, 6) is 1.02. The van der Waals surface area contributed by atoms with Gasteiger partial charge in [-0.3, -0.25) is 0 Å². The summed E-state index contributed by atoms with van der Waals surface area (Å²) in [6.07, 6.45) is 0. The Morgan fingerprint density at radius 2 is 1.95 bits per heavy atom. The molecule has 1 nitrogen and oxygen atoms in total. The molecule has 2 heteroatoms. The zero-order valence-corrected chi connectivity index (χ0v) is 11.5. The number of pyridine rings is 1. The standard InChI is InChI=1S/C17H13NS/c1-11-6-7-16-14(8-11)17-13(10-19-16)9-12-4-2-3-5-15(12)18-17/h2-9H,10H2,1H3.